The number of fused-ring (bicyclic) bond motifs is 1. The minimum atomic E-state index is 0.474. The number of nitrogens with zero attached hydrogens (tertiary/aromatic N) is 2. The standard InChI is InChI=1S/C10H12ClN3/c1-2-3-4-8-13-7-5-6-12-10(11)9(7)14-8/h5-6H,2-4H2,1H3,(H,13,14). The van der Waals surface area contributed by atoms with E-state index in [0.717, 1.165) is 29.7 Å². The predicted octanol–water partition coefficient (Wildman–Crippen LogP) is 2.95. The Morgan fingerprint density at radius 3 is 3.07 bits per heavy atom. The van der Waals surface area contributed by atoms with E-state index in [1.807, 2.05) is 6.07 Å². The molecular weight excluding hydrogens is 198 g/mol. The zero-order valence-corrected chi connectivity index (χ0v) is 8.80. The van der Waals surface area contributed by atoms with Gasteiger partial charge < -0.3 is 4.98 Å². The molecule has 0 aliphatic rings. The van der Waals surface area contributed by atoms with Crippen molar-refractivity contribution in [1.29, 1.82) is 0 Å². The lowest BCUT2D eigenvalue weighted by atomic mass is 10.2. The summed E-state index contributed by atoms with van der Waals surface area (Å²) in [5.74, 6) is 0.997. The molecule has 0 fully saturated rings. The first kappa shape index (κ1) is 9.46. The molecule has 2 aromatic heterocycles. The Bertz CT molecular complexity index is 436. The minimum absolute atomic E-state index is 0.474. The molecule has 0 aliphatic carbocycles. The Balaban J connectivity index is 2.36. The van der Waals surface area contributed by atoms with Crippen LogP contribution in [0.4, 0.5) is 0 Å². The normalized spacial score (nSPS) is 11.0. The van der Waals surface area contributed by atoms with Crippen molar-refractivity contribution in [2.45, 2.75) is 26.2 Å². The summed E-state index contributed by atoms with van der Waals surface area (Å²) in [7, 11) is 0. The van der Waals surface area contributed by atoms with Crippen LogP contribution < -0.4 is 0 Å². The lowest BCUT2D eigenvalue weighted by Crippen LogP contribution is -1.86. The van der Waals surface area contributed by atoms with Crippen LogP contribution >= 0.6 is 11.6 Å². The fraction of sp³-hybridized carbons (Fsp3) is 0.400. The molecule has 4 heteroatoms. The van der Waals surface area contributed by atoms with Gasteiger partial charge in [0.1, 0.15) is 11.3 Å². The molecule has 1 N–H and O–H groups in total. The highest BCUT2D eigenvalue weighted by molar-refractivity contribution is 6.33. The molecule has 2 aromatic rings. The number of aryl methyl sites for hydroxylation is 1. The summed E-state index contributed by atoms with van der Waals surface area (Å²) in [6.07, 6.45) is 4.97. The maximum absolute atomic E-state index is 5.91. The van der Waals surface area contributed by atoms with Crippen molar-refractivity contribution in [3.05, 3.63) is 23.2 Å². The summed E-state index contributed by atoms with van der Waals surface area (Å²) in [5, 5.41) is 0.474. The Labute approximate surface area is 87.5 Å². The number of nitrogens with one attached hydrogen (secondary N) is 1. The van der Waals surface area contributed by atoms with Crippen LogP contribution in [0.3, 0.4) is 0 Å². The number of unbranched alkanes of at least 4 members (excludes halogenated alkanes) is 1. The fourth-order valence-corrected chi connectivity index (χ4v) is 1.62. The highest BCUT2D eigenvalue weighted by Crippen LogP contribution is 2.18. The van der Waals surface area contributed by atoms with Gasteiger partial charge in [-0.05, 0) is 12.5 Å². The third-order valence-corrected chi connectivity index (χ3v) is 2.45. The van der Waals surface area contributed by atoms with E-state index >= 15 is 0 Å². The number of halogens is 1. The zero-order valence-electron chi connectivity index (χ0n) is 8.05. The molecule has 0 radical (unpaired) electrons. The van der Waals surface area contributed by atoms with Crippen LogP contribution in [0.5, 0.6) is 0 Å². The highest BCUT2D eigenvalue weighted by atomic mass is 35.5. The molecule has 0 unspecified atom stereocenters. The number of imidazole rings is 1. The number of aromatic amines is 1. The van der Waals surface area contributed by atoms with Crippen molar-refractivity contribution in [3.63, 3.8) is 0 Å². The third kappa shape index (κ3) is 1.73. The number of hydrogen-bond acceptors (Lipinski definition) is 2. The molecule has 0 aliphatic heterocycles. The maximum atomic E-state index is 5.91. The molecule has 0 atom stereocenters. The van der Waals surface area contributed by atoms with Gasteiger partial charge in [0.05, 0.1) is 5.52 Å². The Hall–Kier alpha value is -1.09. The third-order valence-electron chi connectivity index (χ3n) is 2.17. The molecule has 0 saturated heterocycles. The topological polar surface area (TPSA) is 41.6 Å². The molecule has 0 saturated carbocycles. The summed E-state index contributed by atoms with van der Waals surface area (Å²) in [5.41, 5.74) is 1.75. The summed E-state index contributed by atoms with van der Waals surface area (Å²) in [6.45, 7) is 2.16. The van der Waals surface area contributed by atoms with Crippen LogP contribution in [0.2, 0.25) is 5.15 Å². The summed E-state index contributed by atoms with van der Waals surface area (Å²) in [4.78, 5) is 11.6. The average molecular weight is 210 g/mol. The fourth-order valence-electron chi connectivity index (χ4n) is 1.42. The van der Waals surface area contributed by atoms with Crippen LogP contribution in [-0.2, 0) is 6.42 Å². The second kappa shape index (κ2) is 3.96. The van der Waals surface area contributed by atoms with Gasteiger partial charge in [-0.2, -0.15) is 0 Å². The van der Waals surface area contributed by atoms with Crippen molar-refractivity contribution in [3.8, 4) is 0 Å². The molecule has 2 heterocycles. The number of pyridine rings is 1. The number of rotatable bonds is 3. The Morgan fingerprint density at radius 1 is 1.50 bits per heavy atom. The van der Waals surface area contributed by atoms with Gasteiger partial charge in [0.15, 0.2) is 5.15 Å². The van der Waals surface area contributed by atoms with Crippen LogP contribution in [0.1, 0.15) is 25.6 Å². The van der Waals surface area contributed by atoms with Gasteiger partial charge in [-0.1, -0.05) is 24.9 Å². The maximum Gasteiger partial charge on any atom is 0.156 e. The van der Waals surface area contributed by atoms with Crippen molar-refractivity contribution in [1.82, 2.24) is 15.0 Å². The van der Waals surface area contributed by atoms with Crippen molar-refractivity contribution >= 4 is 22.6 Å². The van der Waals surface area contributed by atoms with E-state index in [4.69, 9.17) is 11.6 Å². The molecule has 0 aromatic carbocycles. The van der Waals surface area contributed by atoms with Crippen molar-refractivity contribution in [2.75, 3.05) is 0 Å². The van der Waals surface area contributed by atoms with Crippen LogP contribution in [0, 0.1) is 0 Å². The molecule has 0 bridgehead atoms. The molecule has 0 amide bonds. The second-order valence-corrected chi connectivity index (χ2v) is 3.64. The van der Waals surface area contributed by atoms with Crippen LogP contribution in [0.25, 0.3) is 11.0 Å². The minimum Gasteiger partial charge on any atom is -0.342 e. The van der Waals surface area contributed by atoms with Crippen LogP contribution in [-0.4, -0.2) is 15.0 Å². The van der Waals surface area contributed by atoms with Gasteiger partial charge in [0.2, 0.25) is 0 Å². The lowest BCUT2D eigenvalue weighted by molar-refractivity contribution is 0.765. The van der Waals surface area contributed by atoms with Crippen molar-refractivity contribution < 1.29 is 0 Å². The summed E-state index contributed by atoms with van der Waals surface area (Å²) < 4.78 is 0. The van der Waals surface area contributed by atoms with Gasteiger partial charge >= 0.3 is 0 Å². The first-order valence-electron chi connectivity index (χ1n) is 4.80. The lowest BCUT2D eigenvalue weighted by Gasteiger charge is -1.90. The monoisotopic (exact) mass is 209 g/mol. The Morgan fingerprint density at radius 2 is 2.36 bits per heavy atom. The molecule has 14 heavy (non-hydrogen) atoms. The largest absolute Gasteiger partial charge is 0.342 e. The smallest absolute Gasteiger partial charge is 0.156 e. The summed E-state index contributed by atoms with van der Waals surface area (Å²) >= 11 is 5.91. The number of aromatic nitrogens is 3. The van der Waals surface area contributed by atoms with Crippen molar-refractivity contribution in [2.24, 2.45) is 0 Å². The highest BCUT2D eigenvalue weighted by Gasteiger charge is 2.05. The van der Waals surface area contributed by atoms with E-state index < -0.39 is 0 Å². The van der Waals surface area contributed by atoms with Gasteiger partial charge in [0.25, 0.3) is 0 Å². The second-order valence-electron chi connectivity index (χ2n) is 3.28. The van der Waals surface area contributed by atoms with E-state index in [1.54, 1.807) is 6.20 Å². The molecule has 74 valence electrons. The van der Waals surface area contributed by atoms with Crippen LogP contribution in [0.15, 0.2) is 12.3 Å². The molecule has 2 rings (SSSR count). The number of hydrogen-bond donors (Lipinski definition) is 1. The zero-order chi connectivity index (χ0) is 9.97. The Kier molecular flexibility index (Phi) is 2.68. The number of H-pyrrole nitrogens is 1. The first-order chi connectivity index (χ1) is 6.81. The predicted molar refractivity (Wildman–Crippen MR) is 57.5 cm³/mol. The SMILES string of the molecule is CCCCc1nc2c(Cl)nccc2[nH]1. The summed E-state index contributed by atoms with van der Waals surface area (Å²) in [6, 6.07) is 1.89. The molecule has 0 spiro atoms. The van der Waals surface area contributed by atoms with E-state index in [2.05, 4.69) is 21.9 Å². The van der Waals surface area contributed by atoms with E-state index in [-0.39, 0.29) is 0 Å². The molecular formula is C10H12ClN3. The van der Waals surface area contributed by atoms with Gasteiger partial charge in [-0.15, -0.1) is 0 Å². The van der Waals surface area contributed by atoms with Gasteiger partial charge in [-0.3, -0.25) is 0 Å². The average Bonchev–Trinajstić information content (AvgIpc) is 2.59. The van der Waals surface area contributed by atoms with E-state index in [1.165, 1.54) is 6.42 Å². The first-order valence-corrected chi connectivity index (χ1v) is 5.18. The van der Waals surface area contributed by atoms with Gasteiger partial charge in [-0.25, -0.2) is 9.97 Å². The quantitative estimate of drug-likeness (QED) is 0.790. The van der Waals surface area contributed by atoms with E-state index in [0.29, 0.717) is 5.15 Å². The van der Waals surface area contributed by atoms with E-state index in [9.17, 15) is 0 Å². The molecule has 3 nitrogen and oxygen atoms in total. The van der Waals surface area contributed by atoms with Gasteiger partial charge in [0, 0.05) is 12.6 Å².